The zero-order valence-electron chi connectivity index (χ0n) is 11.1. The van der Waals surface area contributed by atoms with Crippen LogP contribution in [-0.2, 0) is 14.8 Å². The number of unbranched alkanes of at least 4 members (excludes halogenated alkanes) is 1. The summed E-state index contributed by atoms with van der Waals surface area (Å²) in [7, 11) is -3.52. The van der Waals surface area contributed by atoms with Gasteiger partial charge in [-0.1, -0.05) is 18.5 Å². The second-order valence-electron chi connectivity index (χ2n) is 4.20. The molecule has 0 aliphatic carbocycles. The maximum absolute atomic E-state index is 11.7. The second kappa shape index (κ2) is 7.13. The van der Waals surface area contributed by atoms with E-state index < -0.39 is 10.0 Å². The zero-order valence-corrected chi connectivity index (χ0v) is 11.9. The van der Waals surface area contributed by atoms with Gasteiger partial charge in [-0.05, 0) is 13.3 Å². The third-order valence-electron chi connectivity index (χ3n) is 2.34. The van der Waals surface area contributed by atoms with Crippen LogP contribution in [0.15, 0.2) is 10.6 Å². The molecule has 1 amide bonds. The van der Waals surface area contributed by atoms with Gasteiger partial charge in [0.1, 0.15) is 5.76 Å². The highest BCUT2D eigenvalue weighted by molar-refractivity contribution is 7.92. The number of hydrogen-bond acceptors (Lipinski definition) is 5. The molecular weight excluding hydrogens is 270 g/mol. The molecule has 0 unspecified atom stereocenters. The maximum Gasteiger partial charge on any atom is 0.235 e. The van der Waals surface area contributed by atoms with Gasteiger partial charge in [0.2, 0.25) is 15.9 Å². The summed E-state index contributed by atoms with van der Waals surface area (Å²) in [6.07, 6.45) is 2.15. The molecule has 1 rings (SSSR count). The number of anilines is 1. The van der Waals surface area contributed by atoms with Crippen molar-refractivity contribution in [1.29, 1.82) is 0 Å². The van der Waals surface area contributed by atoms with E-state index in [9.17, 15) is 13.2 Å². The summed E-state index contributed by atoms with van der Waals surface area (Å²) >= 11 is 0. The predicted molar refractivity (Wildman–Crippen MR) is 71.2 cm³/mol. The van der Waals surface area contributed by atoms with Gasteiger partial charge in [0.25, 0.3) is 0 Å². The fourth-order valence-corrected chi connectivity index (χ4v) is 2.26. The highest BCUT2D eigenvalue weighted by atomic mass is 32.2. The van der Waals surface area contributed by atoms with E-state index in [0.29, 0.717) is 12.2 Å². The normalized spacial score (nSPS) is 11.3. The largest absolute Gasteiger partial charge is 0.360 e. The van der Waals surface area contributed by atoms with Gasteiger partial charge < -0.3 is 9.84 Å². The minimum atomic E-state index is -3.52. The smallest absolute Gasteiger partial charge is 0.235 e. The average molecular weight is 289 g/mol. The number of nitrogens with zero attached hydrogens (tertiary/aromatic N) is 1. The number of amides is 1. The highest BCUT2D eigenvalue weighted by Gasteiger charge is 2.13. The van der Waals surface area contributed by atoms with Gasteiger partial charge in [0.05, 0.1) is 5.75 Å². The van der Waals surface area contributed by atoms with Crippen molar-refractivity contribution >= 4 is 21.7 Å². The summed E-state index contributed by atoms with van der Waals surface area (Å²) in [5.74, 6) is 0.339. The van der Waals surface area contributed by atoms with Crippen LogP contribution in [0.25, 0.3) is 0 Å². The van der Waals surface area contributed by atoms with Crippen LogP contribution in [0.2, 0.25) is 0 Å². The Hall–Kier alpha value is -1.57. The Morgan fingerprint density at radius 2 is 2.21 bits per heavy atom. The summed E-state index contributed by atoms with van der Waals surface area (Å²) in [6.45, 7) is 3.73. The monoisotopic (exact) mass is 289 g/mol. The van der Waals surface area contributed by atoms with Crippen molar-refractivity contribution in [2.75, 3.05) is 17.0 Å². The molecule has 0 saturated heterocycles. The maximum atomic E-state index is 11.7. The first-order valence-corrected chi connectivity index (χ1v) is 7.78. The number of carbonyl (C=O) groups is 1. The van der Waals surface area contributed by atoms with E-state index >= 15 is 0 Å². The van der Waals surface area contributed by atoms with Gasteiger partial charge in [-0.25, -0.2) is 8.42 Å². The van der Waals surface area contributed by atoms with Crippen LogP contribution in [0.4, 0.5) is 5.82 Å². The minimum Gasteiger partial charge on any atom is -0.360 e. The lowest BCUT2D eigenvalue weighted by molar-refractivity contribution is -0.121. The van der Waals surface area contributed by atoms with Gasteiger partial charge in [-0.2, -0.15) is 0 Å². The van der Waals surface area contributed by atoms with E-state index in [1.54, 1.807) is 6.92 Å². The van der Waals surface area contributed by atoms with E-state index in [1.807, 2.05) is 6.92 Å². The number of rotatable bonds is 8. The third kappa shape index (κ3) is 6.23. The van der Waals surface area contributed by atoms with Crippen molar-refractivity contribution in [3.63, 3.8) is 0 Å². The molecule has 0 aromatic carbocycles. The molecule has 0 fully saturated rings. The first kappa shape index (κ1) is 15.5. The first-order valence-electron chi connectivity index (χ1n) is 6.13. The Labute approximate surface area is 112 Å². The number of carbonyl (C=O) groups excluding carboxylic acids is 1. The molecular formula is C11H19N3O4S. The van der Waals surface area contributed by atoms with Gasteiger partial charge in [0.15, 0.2) is 5.82 Å². The molecule has 8 heteroatoms. The molecule has 2 N–H and O–H groups in total. The summed E-state index contributed by atoms with van der Waals surface area (Å²) in [4.78, 5) is 11.3. The molecule has 1 aromatic heterocycles. The summed E-state index contributed by atoms with van der Waals surface area (Å²) in [5.41, 5.74) is 0. The molecule has 0 atom stereocenters. The molecule has 108 valence electrons. The lowest BCUT2D eigenvalue weighted by Crippen LogP contribution is -2.31. The predicted octanol–water partition coefficient (Wildman–Crippen LogP) is 1.03. The van der Waals surface area contributed by atoms with Gasteiger partial charge in [-0.3, -0.25) is 9.52 Å². The highest BCUT2D eigenvalue weighted by Crippen LogP contribution is 2.08. The fourth-order valence-electron chi connectivity index (χ4n) is 1.38. The van der Waals surface area contributed by atoms with E-state index in [1.165, 1.54) is 6.07 Å². The third-order valence-corrected chi connectivity index (χ3v) is 3.60. The van der Waals surface area contributed by atoms with Crippen molar-refractivity contribution < 1.29 is 17.7 Å². The number of sulfonamides is 1. The molecule has 0 spiro atoms. The Morgan fingerprint density at radius 3 is 2.79 bits per heavy atom. The van der Waals surface area contributed by atoms with Crippen LogP contribution in [0, 0.1) is 6.92 Å². The summed E-state index contributed by atoms with van der Waals surface area (Å²) in [6, 6.07) is 1.48. The molecule has 1 aromatic rings. The summed E-state index contributed by atoms with van der Waals surface area (Å²) < 4.78 is 30.3. The van der Waals surface area contributed by atoms with Crippen LogP contribution in [0.1, 0.15) is 31.9 Å². The van der Waals surface area contributed by atoms with Crippen molar-refractivity contribution in [2.45, 2.75) is 33.1 Å². The van der Waals surface area contributed by atoms with Crippen LogP contribution >= 0.6 is 0 Å². The van der Waals surface area contributed by atoms with Crippen LogP contribution < -0.4 is 10.0 Å². The van der Waals surface area contributed by atoms with Crippen LogP contribution in [-0.4, -0.2) is 31.8 Å². The van der Waals surface area contributed by atoms with Crippen molar-refractivity contribution in [2.24, 2.45) is 0 Å². The van der Waals surface area contributed by atoms with Gasteiger partial charge in [0, 0.05) is 19.0 Å². The standard InChI is InChI=1S/C11H19N3O4S/c1-3-4-5-11(15)12-6-7-19(16,17)14-10-8-9(2)18-13-10/h8H,3-7H2,1-2H3,(H,12,15)(H,13,14). The molecule has 0 radical (unpaired) electrons. The molecule has 1 heterocycles. The fraction of sp³-hybridized carbons (Fsp3) is 0.636. The zero-order chi connectivity index (χ0) is 14.3. The topological polar surface area (TPSA) is 101 Å². The van der Waals surface area contributed by atoms with E-state index in [4.69, 9.17) is 4.52 Å². The molecule has 0 aliphatic heterocycles. The van der Waals surface area contributed by atoms with Gasteiger partial charge in [-0.15, -0.1) is 0 Å². The van der Waals surface area contributed by atoms with E-state index in [-0.39, 0.29) is 24.0 Å². The lowest BCUT2D eigenvalue weighted by Gasteiger charge is -2.06. The van der Waals surface area contributed by atoms with Crippen molar-refractivity contribution in [3.8, 4) is 0 Å². The Balaban J connectivity index is 2.33. The second-order valence-corrected chi connectivity index (χ2v) is 6.04. The van der Waals surface area contributed by atoms with Crippen LogP contribution in [0.5, 0.6) is 0 Å². The van der Waals surface area contributed by atoms with Crippen molar-refractivity contribution in [3.05, 3.63) is 11.8 Å². The van der Waals surface area contributed by atoms with E-state index in [0.717, 1.165) is 12.8 Å². The molecule has 7 nitrogen and oxygen atoms in total. The minimum absolute atomic E-state index is 0.0781. The molecule has 0 saturated carbocycles. The van der Waals surface area contributed by atoms with E-state index in [2.05, 4.69) is 15.2 Å². The molecule has 19 heavy (non-hydrogen) atoms. The molecule has 0 aliphatic rings. The molecule has 0 bridgehead atoms. The van der Waals surface area contributed by atoms with Crippen molar-refractivity contribution in [1.82, 2.24) is 10.5 Å². The van der Waals surface area contributed by atoms with Gasteiger partial charge >= 0.3 is 0 Å². The number of hydrogen-bond donors (Lipinski definition) is 2. The van der Waals surface area contributed by atoms with Crippen LogP contribution in [0.3, 0.4) is 0 Å². The first-order chi connectivity index (χ1) is 8.93. The SMILES string of the molecule is CCCCC(=O)NCCS(=O)(=O)Nc1cc(C)on1. The Kier molecular flexibility index (Phi) is 5.81. The quantitative estimate of drug-likeness (QED) is 0.744. The number of aryl methyl sites for hydroxylation is 1. The Bertz CT molecular complexity index is 510. The lowest BCUT2D eigenvalue weighted by atomic mass is 10.2. The average Bonchev–Trinajstić information content (AvgIpc) is 2.71. The Morgan fingerprint density at radius 1 is 1.47 bits per heavy atom. The number of nitrogens with one attached hydrogen (secondary N) is 2. The summed E-state index contributed by atoms with van der Waals surface area (Å²) in [5, 5.41) is 6.09. The number of aromatic nitrogens is 1.